The van der Waals surface area contributed by atoms with Gasteiger partial charge in [-0.1, -0.05) is 45.2 Å². The van der Waals surface area contributed by atoms with Gasteiger partial charge in [0, 0.05) is 18.3 Å². The van der Waals surface area contributed by atoms with E-state index in [2.05, 4.69) is 18.6 Å². The first-order chi connectivity index (χ1) is 17.4. The molecule has 0 N–H and O–H groups in total. The van der Waals surface area contributed by atoms with Crippen LogP contribution in [0.1, 0.15) is 73.8 Å². The Morgan fingerprint density at radius 2 is 1.26 bits per heavy atom. The van der Waals surface area contributed by atoms with Crippen LogP contribution in [0.2, 0.25) is 0 Å². The van der Waals surface area contributed by atoms with Crippen LogP contribution in [0.5, 0.6) is 0 Å². The van der Waals surface area contributed by atoms with Crippen molar-refractivity contribution in [3.8, 4) is 0 Å². The molecule has 0 heterocycles. The van der Waals surface area contributed by atoms with Crippen LogP contribution in [0.3, 0.4) is 0 Å². The minimum absolute atomic E-state index is 0. The quantitative estimate of drug-likeness (QED) is 0.133. The first kappa shape index (κ1) is 40.5. The minimum Gasteiger partial charge on any atom is -0.466 e. The largest absolute Gasteiger partial charge is 0.466 e. The van der Waals surface area contributed by atoms with E-state index < -0.39 is 13.3 Å². The van der Waals surface area contributed by atoms with Gasteiger partial charge in [-0.15, -0.1) is 0 Å². The van der Waals surface area contributed by atoms with Crippen LogP contribution >= 0.6 is 7.37 Å². The predicted molar refractivity (Wildman–Crippen MR) is 163 cm³/mol. The molecular weight excluding hydrogens is 515 g/mol. The standard InChI is InChI=1S/C13H16O2.C9H10O.C7H15O4P.2CH4/c1-4-15-13(14)8-7-12-6-5-10(2)11(3)9-12;1-7-3-4-9(6-10)5-8(7)2;1-4-10-7(8)6-12(3,9)11-5-2;;/h5-9H,4H2,1-3H3;3-6H,1-2H3;4-6H2,1-3H3;2*1H4/b8-7+;;;;. The third kappa shape index (κ3) is 18.8. The third-order valence-electron chi connectivity index (χ3n) is 5.02. The van der Waals surface area contributed by atoms with Gasteiger partial charge in [0.25, 0.3) is 0 Å². The van der Waals surface area contributed by atoms with E-state index in [0.29, 0.717) is 19.8 Å². The van der Waals surface area contributed by atoms with Crippen molar-refractivity contribution in [2.24, 2.45) is 0 Å². The zero-order chi connectivity index (χ0) is 28.4. The Bertz CT molecular complexity index is 1090. The van der Waals surface area contributed by atoms with Gasteiger partial charge in [-0.25, -0.2) is 4.79 Å². The van der Waals surface area contributed by atoms with E-state index in [0.717, 1.165) is 17.4 Å². The summed E-state index contributed by atoms with van der Waals surface area (Å²) in [5.74, 6) is -0.757. The Labute approximate surface area is 236 Å². The first-order valence-electron chi connectivity index (χ1n) is 12.2. The second-order valence-electron chi connectivity index (χ2n) is 8.29. The highest BCUT2D eigenvalue weighted by Gasteiger charge is 2.20. The molecule has 2 aromatic rings. The topological polar surface area (TPSA) is 96.0 Å². The van der Waals surface area contributed by atoms with Crippen LogP contribution in [-0.2, 0) is 28.2 Å². The molecule has 0 aromatic heterocycles. The maximum Gasteiger partial charge on any atom is 0.330 e. The summed E-state index contributed by atoms with van der Waals surface area (Å²) in [5, 5.41) is 0. The molecule has 1 atom stereocenters. The molecule has 0 aliphatic rings. The molecule has 2 aromatic carbocycles. The Hall–Kier alpha value is -3.02. The van der Waals surface area contributed by atoms with Gasteiger partial charge in [0.1, 0.15) is 12.4 Å². The van der Waals surface area contributed by atoms with Crippen molar-refractivity contribution in [3.63, 3.8) is 0 Å². The van der Waals surface area contributed by atoms with Crippen molar-refractivity contribution in [2.45, 2.75) is 63.3 Å². The van der Waals surface area contributed by atoms with Crippen LogP contribution in [0.25, 0.3) is 6.08 Å². The molecule has 0 amide bonds. The lowest BCUT2D eigenvalue weighted by atomic mass is 10.1. The zero-order valence-electron chi connectivity index (χ0n) is 23.3. The average Bonchev–Trinajstić information content (AvgIpc) is 2.82. The van der Waals surface area contributed by atoms with Crippen molar-refractivity contribution in [2.75, 3.05) is 32.6 Å². The van der Waals surface area contributed by atoms with E-state index in [-0.39, 0.29) is 27.0 Å². The van der Waals surface area contributed by atoms with E-state index >= 15 is 0 Å². The second kappa shape index (κ2) is 21.9. The van der Waals surface area contributed by atoms with E-state index in [1.54, 1.807) is 26.8 Å². The molecule has 2 rings (SSSR count). The Morgan fingerprint density at radius 3 is 1.69 bits per heavy atom. The molecule has 0 aliphatic heterocycles. The lowest BCUT2D eigenvalue weighted by molar-refractivity contribution is -0.140. The van der Waals surface area contributed by atoms with Crippen LogP contribution in [0.15, 0.2) is 42.5 Å². The van der Waals surface area contributed by atoms with Gasteiger partial charge >= 0.3 is 11.9 Å². The number of hydrogen-bond donors (Lipinski definition) is 0. The summed E-state index contributed by atoms with van der Waals surface area (Å²) in [6.45, 7) is 15.9. The summed E-state index contributed by atoms with van der Waals surface area (Å²) in [4.78, 5) is 32.2. The molecule has 8 heteroatoms. The van der Waals surface area contributed by atoms with E-state index in [1.807, 2.05) is 50.2 Å². The molecule has 220 valence electrons. The Kier molecular flexibility index (Phi) is 22.7. The fraction of sp³-hybridized carbons (Fsp3) is 0.452. The van der Waals surface area contributed by atoms with Gasteiger partial charge < -0.3 is 14.0 Å². The smallest absolute Gasteiger partial charge is 0.330 e. The van der Waals surface area contributed by atoms with Crippen LogP contribution in [-0.4, -0.2) is 50.9 Å². The molecule has 39 heavy (non-hydrogen) atoms. The molecule has 0 radical (unpaired) electrons. The maximum atomic E-state index is 11.4. The van der Waals surface area contributed by atoms with Gasteiger partial charge in [0.15, 0.2) is 0 Å². The summed E-state index contributed by atoms with van der Waals surface area (Å²) in [6.07, 6.45) is 3.96. The fourth-order valence-corrected chi connectivity index (χ4v) is 4.02. The van der Waals surface area contributed by atoms with Crippen molar-refractivity contribution < 1.29 is 32.9 Å². The average molecular weight is 565 g/mol. The van der Waals surface area contributed by atoms with Gasteiger partial charge in [-0.3, -0.25) is 14.2 Å². The number of rotatable bonds is 9. The maximum absolute atomic E-state index is 11.4. The van der Waals surface area contributed by atoms with Gasteiger partial charge in [-0.2, -0.15) is 0 Å². The summed E-state index contributed by atoms with van der Waals surface area (Å²) in [6, 6.07) is 11.8. The number of benzene rings is 2. The second-order valence-corrected chi connectivity index (χ2v) is 10.9. The van der Waals surface area contributed by atoms with Crippen LogP contribution in [0, 0.1) is 27.7 Å². The summed E-state index contributed by atoms with van der Waals surface area (Å²) < 4.78 is 25.7. The van der Waals surface area contributed by atoms with E-state index in [1.165, 1.54) is 35.0 Å². The van der Waals surface area contributed by atoms with Gasteiger partial charge in [0.2, 0.25) is 7.37 Å². The fourth-order valence-electron chi connectivity index (χ4n) is 2.82. The van der Waals surface area contributed by atoms with Crippen molar-refractivity contribution in [1.82, 2.24) is 0 Å². The van der Waals surface area contributed by atoms with E-state index in [9.17, 15) is 18.9 Å². The number of carbonyl (C=O) groups excluding carboxylic acids is 3. The lowest BCUT2D eigenvalue weighted by Crippen LogP contribution is -2.10. The van der Waals surface area contributed by atoms with Crippen molar-refractivity contribution in [3.05, 3.63) is 75.9 Å². The number of esters is 2. The SMILES string of the molecule is C.C.CCOC(=O)/C=C/c1ccc(C)c(C)c1.CCOC(=O)CP(C)(=O)OCC.Cc1ccc(C=O)cc1C. The molecule has 0 saturated heterocycles. The summed E-state index contributed by atoms with van der Waals surface area (Å²) in [5.41, 5.74) is 6.65. The lowest BCUT2D eigenvalue weighted by Gasteiger charge is -2.10. The highest BCUT2D eigenvalue weighted by molar-refractivity contribution is 7.59. The number of aldehydes is 1. The predicted octanol–water partition coefficient (Wildman–Crippen LogP) is 7.76. The molecule has 0 spiro atoms. The van der Waals surface area contributed by atoms with Crippen molar-refractivity contribution >= 4 is 31.7 Å². The zero-order valence-corrected chi connectivity index (χ0v) is 24.2. The number of carbonyl (C=O) groups is 3. The molecule has 0 saturated carbocycles. The molecule has 1 unspecified atom stereocenters. The van der Waals surface area contributed by atoms with Crippen LogP contribution in [0.4, 0.5) is 0 Å². The van der Waals surface area contributed by atoms with Gasteiger partial charge in [0.05, 0.1) is 19.8 Å². The van der Waals surface area contributed by atoms with E-state index in [4.69, 9.17) is 9.26 Å². The monoisotopic (exact) mass is 564 g/mol. The molecule has 0 fully saturated rings. The Morgan fingerprint density at radius 1 is 0.769 bits per heavy atom. The number of hydrogen-bond acceptors (Lipinski definition) is 7. The number of aryl methyl sites for hydroxylation is 4. The highest BCUT2D eigenvalue weighted by atomic mass is 31.2. The van der Waals surface area contributed by atoms with Gasteiger partial charge in [-0.05, 0) is 88.4 Å². The molecule has 0 aliphatic carbocycles. The normalized spacial score (nSPS) is 11.2. The first-order valence-corrected chi connectivity index (χ1v) is 14.5. The molecule has 0 bridgehead atoms. The summed E-state index contributed by atoms with van der Waals surface area (Å²) >= 11 is 0. The van der Waals surface area contributed by atoms with Crippen LogP contribution < -0.4 is 0 Å². The molecule has 7 nitrogen and oxygen atoms in total. The summed E-state index contributed by atoms with van der Waals surface area (Å²) in [7, 11) is -2.75. The Balaban J connectivity index is -0.000000496. The number of ether oxygens (including phenoxy) is 2. The molecular formula is C31H49O7P. The van der Waals surface area contributed by atoms with Crippen molar-refractivity contribution in [1.29, 1.82) is 0 Å². The third-order valence-corrected chi connectivity index (χ3v) is 6.66. The highest BCUT2D eigenvalue weighted by Crippen LogP contribution is 2.41. The minimum atomic E-state index is -2.75.